The van der Waals surface area contributed by atoms with E-state index in [0.29, 0.717) is 0 Å². The molecule has 0 bridgehead atoms. The van der Waals surface area contributed by atoms with Gasteiger partial charge in [-0.25, -0.2) is 0 Å². The van der Waals surface area contributed by atoms with Gasteiger partial charge in [0, 0.05) is 0 Å². The van der Waals surface area contributed by atoms with E-state index in [2.05, 4.69) is 86.6 Å². The Morgan fingerprint density at radius 2 is 1.08 bits per heavy atom. The van der Waals surface area contributed by atoms with Gasteiger partial charge in [0.2, 0.25) is 0 Å². The first-order valence-corrected chi connectivity index (χ1v) is 9.44. The first-order valence-electron chi connectivity index (χ1n) is 9.44. The minimum atomic E-state index is -0.138. The Morgan fingerprint density at radius 3 is 1.65 bits per heavy atom. The maximum absolute atomic E-state index is 2.36. The summed E-state index contributed by atoms with van der Waals surface area (Å²) >= 11 is 0. The van der Waals surface area contributed by atoms with Gasteiger partial charge in [-0.1, -0.05) is 78.4 Å². The lowest BCUT2D eigenvalue weighted by Crippen LogP contribution is -2.27. The molecule has 3 aliphatic rings. The first kappa shape index (κ1) is 14.3. The van der Waals surface area contributed by atoms with Crippen LogP contribution in [0.1, 0.15) is 42.5 Å². The molecule has 26 heavy (non-hydrogen) atoms. The minimum Gasteiger partial charge on any atom is -0.0656 e. The molecule has 3 aromatic rings. The Morgan fingerprint density at radius 1 is 0.615 bits per heavy atom. The average Bonchev–Trinajstić information content (AvgIpc) is 3.26. The maximum atomic E-state index is 2.36. The fraction of sp³-hybridized carbons (Fsp3) is 0.154. The van der Waals surface area contributed by atoms with Crippen LogP contribution in [0.3, 0.4) is 0 Å². The zero-order valence-electron chi connectivity index (χ0n) is 15.1. The second-order valence-corrected chi connectivity index (χ2v) is 7.82. The Kier molecular flexibility index (Phi) is 2.56. The van der Waals surface area contributed by atoms with E-state index in [0.717, 1.165) is 6.42 Å². The van der Waals surface area contributed by atoms with Crippen LogP contribution in [0.5, 0.6) is 0 Å². The van der Waals surface area contributed by atoms with E-state index in [1.165, 1.54) is 44.5 Å². The van der Waals surface area contributed by atoms with Gasteiger partial charge < -0.3 is 0 Å². The molecule has 0 saturated heterocycles. The molecule has 0 unspecified atom stereocenters. The topological polar surface area (TPSA) is 0 Å². The molecule has 0 aliphatic heterocycles. The van der Waals surface area contributed by atoms with Gasteiger partial charge in [-0.15, -0.1) is 0 Å². The summed E-state index contributed by atoms with van der Waals surface area (Å²) < 4.78 is 0. The average molecular weight is 332 g/mol. The summed E-state index contributed by atoms with van der Waals surface area (Å²) in [4.78, 5) is 0. The summed E-state index contributed by atoms with van der Waals surface area (Å²) in [6.07, 6.45) is 1.09. The van der Waals surface area contributed by atoms with Crippen LogP contribution in [0.25, 0.3) is 16.7 Å². The highest BCUT2D eigenvalue weighted by Gasteiger charge is 2.54. The Balaban J connectivity index is 1.85. The molecular formula is C26H20. The molecule has 0 radical (unpaired) electrons. The number of hydrogen-bond donors (Lipinski definition) is 0. The summed E-state index contributed by atoms with van der Waals surface area (Å²) in [5.74, 6) is 0. The van der Waals surface area contributed by atoms with Crippen LogP contribution in [-0.2, 0) is 5.41 Å². The SMILES string of the molecule is CC1=C(C)C2=C(C1)c1ccccc1C21c2ccccc2-c2ccccc21. The van der Waals surface area contributed by atoms with Gasteiger partial charge >= 0.3 is 0 Å². The van der Waals surface area contributed by atoms with E-state index in [-0.39, 0.29) is 5.41 Å². The molecule has 0 fully saturated rings. The third-order valence-corrected chi connectivity index (χ3v) is 6.74. The quantitative estimate of drug-likeness (QED) is 0.440. The third-order valence-electron chi connectivity index (χ3n) is 6.74. The molecule has 0 saturated carbocycles. The number of allylic oxidation sites excluding steroid dienone is 4. The standard InChI is InChI=1S/C26H20/c1-16-15-21-20-11-5-8-14-24(20)26(25(21)17(16)2)22-12-6-3-9-18(22)19-10-4-7-13-23(19)26/h3-14H,15H2,1-2H3. The molecule has 6 rings (SSSR count). The second-order valence-electron chi connectivity index (χ2n) is 7.82. The summed E-state index contributed by atoms with van der Waals surface area (Å²) in [5.41, 5.74) is 14.6. The fourth-order valence-corrected chi connectivity index (χ4v) is 5.67. The highest BCUT2D eigenvalue weighted by atomic mass is 14.6. The lowest BCUT2D eigenvalue weighted by atomic mass is 9.68. The molecule has 0 aromatic heterocycles. The third kappa shape index (κ3) is 1.40. The van der Waals surface area contributed by atoms with Gasteiger partial charge in [-0.3, -0.25) is 0 Å². The van der Waals surface area contributed by atoms with Crippen LogP contribution in [0, 0.1) is 0 Å². The highest BCUT2D eigenvalue weighted by Crippen LogP contribution is 2.65. The molecule has 0 heteroatoms. The van der Waals surface area contributed by atoms with Gasteiger partial charge in [0.1, 0.15) is 0 Å². The lowest BCUT2D eigenvalue weighted by molar-refractivity contribution is 0.774. The molecule has 0 nitrogen and oxygen atoms in total. The summed E-state index contributed by atoms with van der Waals surface area (Å²) in [5, 5.41) is 0. The maximum Gasteiger partial charge on any atom is 0.0724 e. The van der Waals surface area contributed by atoms with Crippen LogP contribution in [0.15, 0.2) is 89.5 Å². The number of benzene rings is 3. The molecule has 0 atom stereocenters. The summed E-state index contributed by atoms with van der Waals surface area (Å²) in [6, 6.07) is 27.1. The van der Waals surface area contributed by atoms with Crippen molar-refractivity contribution in [3.8, 4) is 11.1 Å². The lowest BCUT2D eigenvalue weighted by Gasteiger charge is -2.33. The monoisotopic (exact) mass is 332 g/mol. The molecular weight excluding hydrogens is 312 g/mol. The predicted octanol–water partition coefficient (Wildman–Crippen LogP) is 6.51. The Hall–Kier alpha value is -2.86. The van der Waals surface area contributed by atoms with Gasteiger partial charge in [0.05, 0.1) is 5.41 Å². The van der Waals surface area contributed by atoms with Crippen molar-refractivity contribution in [1.82, 2.24) is 0 Å². The van der Waals surface area contributed by atoms with E-state index >= 15 is 0 Å². The number of hydrogen-bond acceptors (Lipinski definition) is 0. The molecule has 0 N–H and O–H groups in total. The van der Waals surface area contributed by atoms with E-state index in [1.807, 2.05) is 0 Å². The van der Waals surface area contributed by atoms with Crippen LogP contribution in [-0.4, -0.2) is 0 Å². The fourth-order valence-electron chi connectivity index (χ4n) is 5.67. The van der Waals surface area contributed by atoms with Crippen molar-refractivity contribution in [2.75, 3.05) is 0 Å². The van der Waals surface area contributed by atoms with Crippen molar-refractivity contribution in [2.45, 2.75) is 25.7 Å². The molecule has 124 valence electrons. The molecule has 1 spiro atoms. The Labute approximate surface area is 154 Å². The summed E-state index contributed by atoms with van der Waals surface area (Å²) in [6.45, 7) is 4.63. The largest absolute Gasteiger partial charge is 0.0724 e. The van der Waals surface area contributed by atoms with Gasteiger partial charge in [-0.2, -0.15) is 0 Å². The second kappa shape index (κ2) is 4.65. The van der Waals surface area contributed by atoms with Crippen LogP contribution >= 0.6 is 0 Å². The molecule has 0 heterocycles. The molecule has 0 amide bonds. The van der Waals surface area contributed by atoms with Crippen LogP contribution < -0.4 is 0 Å². The van der Waals surface area contributed by atoms with Crippen LogP contribution in [0.4, 0.5) is 0 Å². The molecule has 3 aromatic carbocycles. The van der Waals surface area contributed by atoms with Crippen molar-refractivity contribution >= 4 is 5.57 Å². The van der Waals surface area contributed by atoms with Gasteiger partial charge in [0.25, 0.3) is 0 Å². The first-order chi connectivity index (χ1) is 12.7. The van der Waals surface area contributed by atoms with E-state index in [9.17, 15) is 0 Å². The highest BCUT2D eigenvalue weighted by molar-refractivity contribution is 5.98. The van der Waals surface area contributed by atoms with Gasteiger partial charge in [0.15, 0.2) is 0 Å². The smallest absolute Gasteiger partial charge is 0.0656 e. The van der Waals surface area contributed by atoms with E-state index in [4.69, 9.17) is 0 Å². The van der Waals surface area contributed by atoms with E-state index < -0.39 is 0 Å². The van der Waals surface area contributed by atoms with Gasteiger partial charge in [-0.05, 0) is 70.4 Å². The van der Waals surface area contributed by atoms with Crippen molar-refractivity contribution in [2.24, 2.45) is 0 Å². The number of rotatable bonds is 0. The normalized spacial score (nSPS) is 18.2. The van der Waals surface area contributed by atoms with E-state index in [1.54, 1.807) is 11.1 Å². The minimum absolute atomic E-state index is 0.138. The molecule has 3 aliphatic carbocycles. The zero-order chi connectivity index (χ0) is 17.5. The summed E-state index contributed by atoms with van der Waals surface area (Å²) in [7, 11) is 0. The Bertz CT molecular complexity index is 1120. The zero-order valence-corrected chi connectivity index (χ0v) is 15.1. The van der Waals surface area contributed by atoms with Crippen molar-refractivity contribution in [3.63, 3.8) is 0 Å². The number of fused-ring (bicyclic) bond motifs is 9. The van der Waals surface area contributed by atoms with Crippen LogP contribution in [0.2, 0.25) is 0 Å². The van der Waals surface area contributed by atoms with Crippen molar-refractivity contribution in [1.29, 1.82) is 0 Å². The van der Waals surface area contributed by atoms with Crippen molar-refractivity contribution < 1.29 is 0 Å². The predicted molar refractivity (Wildman–Crippen MR) is 108 cm³/mol. The van der Waals surface area contributed by atoms with Crippen molar-refractivity contribution in [3.05, 3.63) is 112 Å².